The van der Waals surface area contributed by atoms with Crippen molar-refractivity contribution in [2.75, 3.05) is 5.75 Å². The van der Waals surface area contributed by atoms with E-state index in [1.54, 1.807) is 0 Å². The molecule has 64 valence electrons. The number of aldehydes is 1. The normalized spacial score (nSPS) is 12.2. The van der Waals surface area contributed by atoms with Crippen LogP contribution in [0.1, 0.15) is 19.8 Å². The molecule has 0 aliphatic carbocycles. The van der Waals surface area contributed by atoms with Crippen LogP contribution in [0.25, 0.3) is 0 Å². The van der Waals surface area contributed by atoms with Gasteiger partial charge < -0.3 is 10.1 Å². The van der Waals surface area contributed by atoms with Gasteiger partial charge in [0.25, 0.3) is 0 Å². The molecule has 0 aromatic heterocycles. The van der Waals surface area contributed by atoms with Crippen molar-refractivity contribution in [2.45, 2.75) is 25.8 Å². The van der Waals surface area contributed by atoms with Gasteiger partial charge in [-0.1, -0.05) is 13.3 Å². The number of nitrogens with one attached hydrogen (secondary N) is 1. The molecule has 11 heavy (non-hydrogen) atoms. The van der Waals surface area contributed by atoms with E-state index in [0.29, 0.717) is 6.42 Å². The highest BCUT2D eigenvalue weighted by Gasteiger charge is 2.07. The highest BCUT2D eigenvalue weighted by molar-refractivity contribution is 7.81. The van der Waals surface area contributed by atoms with Crippen molar-refractivity contribution in [3.05, 3.63) is 0 Å². The van der Waals surface area contributed by atoms with Crippen LogP contribution in [0, 0.1) is 0 Å². The fraction of sp³-hybridized carbons (Fsp3) is 0.714. The minimum absolute atomic E-state index is 0.133. The third-order valence-electron chi connectivity index (χ3n) is 1.25. The van der Waals surface area contributed by atoms with Gasteiger partial charge in [-0.3, -0.25) is 4.79 Å². The average Bonchev–Trinajstić information content (AvgIpc) is 2.03. The molecular formula is C7H13NO2S. The summed E-state index contributed by atoms with van der Waals surface area (Å²) in [6.07, 6.45) is 2.34. The third-order valence-corrected chi connectivity index (χ3v) is 1.54. The zero-order valence-corrected chi connectivity index (χ0v) is 7.43. The molecule has 0 aliphatic rings. The predicted molar refractivity (Wildman–Crippen MR) is 46.8 cm³/mol. The zero-order chi connectivity index (χ0) is 8.69. The van der Waals surface area contributed by atoms with Crippen molar-refractivity contribution in [3.63, 3.8) is 0 Å². The summed E-state index contributed by atoms with van der Waals surface area (Å²) in [6.45, 7) is 1.96. The Morgan fingerprint density at radius 3 is 2.73 bits per heavy atom. The maximum Gasteiger partial charge on any atom is 0.230 e. The first-order chi connectivity index (χ1) is 5.24. The highest BCUT2D eigenvalue weighted by Crippen LogP contribution is 1.92. The van der Waals surface area contributed by atoms with Crippen molar-refractivity contribution >= 4 is 24.8 Å². The Morgan fingerprint density at radius 2 is 2.36 bits per heavy atom. The predicted octanol–water partition coefficient (Wildman–Crippen LogP) is 0.400. The van der Waals surface area contributed by atoms with Crippen molar-refractivity contribution in [2.24, 2.45) is 0 Å². The third kappa shape index (κ3) is 4.84. The largest absolute Gasteiger partial charge is 0.346 e. The lowest BCUT2D eigenvalue weighted by Gasteiger charge is -2.09. The number of hydrogen-bond acceptors (Lipinski definition) is 3. The van der Waals surface area contributed by atoms with E-state index in [2.05, 4.69) is 17.9 Å². The summed E-state index contributed by atoms with van der Waals surface area (Å²) < 4.78 is 0. The molecule has 0 radical (unpaired) electrons. The van der Waals surface area contributed by atoms with E-state index in [-0.39, 0.29) is 17.7 Å². The van der Waals surface area contributed by atoms with Crippen LogP contribution >= 0.6 is 12.6 Å². The average molecular weight is 175 g/mol. The van der Waals surface area contributed by atoms with Crippen molar-refractivity contribution in [3.8, 4) is 0 Å². The molecule has 0 fully saturated rings. The number of carbonyl (C=O) groups excluding carboxylic acids is 2. The highest BCUT2D eigenvalue weighted by atomic mass is 32.1. The van der Waals surface area contributed by atoms with E-state index in [0.717, 1.165) is 12.7 Å². The topological polar surface area (TPSA) is 46.2 Å². The summed E-state index contributed by atoms with van der Waals surface area (Å²) in [5.74, 6) is -0.0625. The Hall–Kier alpha value is -0.510. The lowest BCUT2D eigenvalue weighted by atomic mass is 10.2. The molecule has 0 saturated carbocycles. The van der Waals surface area contributed by atoms with Gasteiger partial charge in [-0.25, -0.2) is 0 Å². The van der Waals surface area contributed by atoms with Crippen LogP contribution in [0.5, 0.6) is 0 Å². The molecule has 0 rings (SSSR count). The van der Waals surface area contributed by atoms with Crippen LogP contribution in [0.3, 0.4) is 0 Å². The molecule has 1 amide bonds. The Morgan fingerprint density at radius 1 is 1.73 bits per heavy atom. The lowest BCUT2D eigenvalue weighted by Crippen LogP contribution is -2.36. The summed E-state index contributed by atoms with van der Waals surface area (Å²) in [4.78, 5) is 21.0. The molecule has 0 aromatic carbocycles. The van der Waals surface area contributed by atoms with Crippen LogP contribution in [-0.2, 0) is 9.59 Å². The van der Waals surface area contributed by atoms with Crippen LogP contribution in [0.15, 0.2) is 0 Å². The van der Waals surface area contributed by atoms with Gasteiger partial charge in [-0.15, -0.1) is 0 Å². The summed E-state index contributed by atoms with van der Waals surface area (Å²) in [5, 5.41) is 2.53. The molecule has 3 nitrogen and oxygen atoms in total. The molecule has 0 aliphatic heterocycles. The number of amides is 1. The summed E-state index contributed by atoms with van der Waals surface area (Å²) in [7, 11) is 0. The maximum absolute atomic E-state index is 10.7. The number of hydrogen-bond donors (Lipinski definition) is 2. The monoisotopic (exact) mass is 175 g/mol. The van der Waals surface area contributed by atoms with Crippen molar-refractivity contribution in [1.29, 1.82) is 0 Å². The Kier molecular flexibility index (Phi) is 5.93. The molecule has 0 bridgehead atoms. The standard InChI is InChI=1S/C7H13NO2S/c1-2-3-6(4-9)8-7(10)5-11/h4,6,11H,2-3,5H2,1H3,(H,8,10). The molecule has 1 unspecified atom stereocenters. The molecule has 1 N–H and O–H groups in total. The fourth-order valence-electron chi connectivity index (χ4n) is 0.738. The Bertz CT molecular complexity index is 138. The zero-order valence-electron chi connectivity index (χ0n) is 6.54. The van der Waals surface area contributed by atoms with Crippen molar-refractivity contribution < 1.29 is 9.59 Å². The van der Waals surface area contributed by atoms with Crippen molar-refractivity contribution in [1.82, 2.24) is 5.32 Å². The summed E-state index contributed by atoms with van der Waals surface area (Å²) in [6, 6.07) is -0.334. The first-order valence-corrected chi connectivity index (χ1v) is 4.23. The quantitative estimate of drug-likeness (QED) is 0.469. The molecular weight excluding hydrogens is 162 g/mol. The molecule has 0 spiro atoms. The molecule has 0 saturated heterocycles. The lowest BCUT2D eigenvalue weighted by molar-refractivity contribution is -0.121. The Balaban J connectivity index is 3.67. The summed E-state index contributed by atoms with van der Waals surface area (Å²) in [5.41, 5.74) is 0. The van der Waals surface area contributed by atoms with Gasteiger partial charge in [0.1, 0.15) is 6.29 Å². The molecule has 1 atom stereocenters. The second kappa shape index (κ2) is 6.22. The van der Waals surface area contributed by atoms with E-state index in [1.807, 2.05) is 6.92 Å². The minimum Gasteiger partial charge on any atom is -0.346 e. The summed E-state index contributed by atoms with van der Waals surface area (Å²) >= 11 is 3.77. The van der Waals surface area contributed by atoms with Crippen LogP contribution in [0.2, 0.25) is 0 Å². The van der Waals surface area contributed by atoms with Gasteiger partial charge in [-0.2, -0.15) is 12.6 Å². The van der Waals surface area contributed by atoms with E-state index >= 15 is 0 Å². The van der Waals surface area contributed by atoms with Crippen LogP contribution in [-0.4, -0.2) is 24.0 Å². The van der Waals surface area contributed by atoms with Gasteiger partial charge in [0.15, 0.2) is 0 Å². The molecule has 4 heteroatoms. The second-order valence-corrected chi connectivity index (χ2v) is 2.57. The number of thiol groups is 1. The van der Waals surface area contributed by atoms with Crippen LogP contribution < -0.4 is 5.32 Å². The number of rotatable bonds is 5. The molecule has 0 heterocycles. The number of carbonyl (C=O) groups is 2. The van der Waals surface area contributed by atoms with Gasteiger partial charge in [-0.05, 0) is 6.42 Å². The van der Waals surface area contributed by atoms with E-state index in [9.17, 15) is 9.59 Å². The maximum atomic E-state index is 10.7. The van der Waals surface area contributed by atoms with Crippen LogP contribution in [0.4, 0.5) is 0 Å². The van der Waals surface area contributed by atoms with Gasteiger partial charge in [0.2, 0.25) is 5.91 Å². The van der Waals surface area contributed by atoms with E-state index in [1.165, 1.54) is 0 Å². The Labute approximate surface area is 72.0 Å². The smallest absolute Gasteiger partial charge is 0.230 e. The van der Waals surface area contributed by atoms with Gasteiger partial charge in [0.05, 0.1) is 11.8 Å². The first kappa shape index (κ1) is 10.5. The fourth-order valence-corrected chi connectivity index (χ4v) is 0.829. The van der Waals surface area contributed by atoms with E-state index < -0.39 is 0 Å². The first-order valence-electron chi connectivity index (χ1n) is 3.60. The molecule has 0 aromatic rings. The van der Waals surface area contributed by atoms with Gasteiger partial charge in [0, 0.05) is 0 Å². The SMILES string of the molecule is CCCC(C=O)NC(=O)CS. The second-order valence-electron chi connectivity index (χ2n) is 2.26. The van der Waals surface area contributed by atoms with Gasteiger partial charge >= 0.3 is 0 Å². The van der Waals surface area contributed by atoms with E-state index in [4.69, 9.17) is 0 Å². The minimum atomic E-state index is -0.334.